The van der Waals surface area contributed by atoms with Crippen LogP contribution < -0.4 is 5.73 Å². The zero-order chi connectivity index (χ0) is 34.5. The predicted octanol–water partition coefficient (Wildman–Crippen LogP) is 13.4. The van der Waals surface area contributed by atoms with Crippen molar-refractivity contribution < 1.29 is 13.2 Å². The first kappa shape index (κ1) is 38.1. The van der Waals surface area contributed by atoms with Crippen molar-refractivity contribution >= 4 is 39.7 Å². The van der Waals surface area contributed by atoms with Gasteiger partial charge in [-0.25, -0.2) is 0 Å². The van der Waals surface area contributed by atoms with Crippen LogP contribution in [0.2, 0.25) is 0 Å². The summed E-state index contributed by atoms with van der Waals surface area (Å²) in [4.78, 5) is 10.7. The van der Waals surface area contributed by atoms with Crippen LogP contribution >= 0.6 is 34.0 Å². The quantitative estimate of drug-likeness (QED) is 0.0707. The summed E-state index contributed by atoms with van der Waals surface area (Å²) < 4.78 is 39.3. The molecule has 0 saturated carbocycles. The van der Waals surface area contributed by atoms with Crippen LogP contribution in [0.5, 0.6) is 0 Å². The van der Waals surface area contributed by atoms with Crippen LogP contribution in [0.25, 0.3) is 29.9 Å². The molecule has 0 unspecified atom stereocenters. The van der Waals surface area contributed by atoms with E-state index in [1.54, 1.807) is 23.6 Å². The Morgan fingerprint density at radius 1 is 0.729 bits per heavy atom. The standard InChI is InChI=1S/C39H50F3N3S3/c1-4-7-10-13-16-27-20-22-46-37(27)33-25-29(18-15-12-9-6-3)38(48-33)34-24-28(17-14-11-8-5-2)36(47-34)30-19-21-45-32(23-30)31(43)26-35(44)39(40,41)42/h19-26,43H,4-18,44H2,1-3H3. The molecule has 48 heavy (non-hydrogen) atoms. The van der Waals surface area contributed by atoms with Crippen molar-refractivity contribution in [3.05, 3.63) is 76.1 Å². The number of allylic oxidation sites excluding steroid dienone is 2. The van der Waals surface area contributed by atoms with Crippen molar-refractivity contribution in [1.29, 1.82) is 5.41 Å². The minimum atomic E-state index is -4.69. The highest BCUT2D eigenvalue weighted by Gasteiger charge is 2.31. The number of nitrogens with two attached hydrogens (primary N) is 1. The van der Waals surface area contributed by atoms with Gasteiger partial charge >= 0.3 is 6.18 Å². The summed E-state index contributed by atoms with van der Waals surface area (Å²) >= 11 is 5.51. The molecule has 0 aliphatic carbocycles. The number of alkyl halides is 3. The van der Waals surface area contributed by atoms with Crippen molar-refractivity contribution in [2.45, 2.75) is 123 Å². The molecule has 0 saturated heterocycles. The first-order chi connectivity index (χ1) is 23.2. The summed E-state index contributed by atoms with van der Waals surface area (Å²) in [7, 11) is 0. The lowest BCUT2D eigenvalue weighted by Crippen LogP contribution is -2.20. The van der Waals surface area contributed by atoms with Gasteiger partial charge in [-0.3, -0.25) is 10.4 Å². The Bertz CT molecular complexity index is 1630. The average Bonchev–Trinajstić information content (AvgIpc) is 3.81. The number of halogens is 3. The van der Waals surface area contributed by atoms with Crippen LogP contribution in [0.1, 0.15) is 120 Å². The molecule has 260 valence electrons. The van der Waals surface area contributed by atoms with Crippen LogP contribution in [-0.2, 0) is 19.3 Å². The molecular weight excluding hydrogens is 664 g/mol. The second-order valence-corrected chi connectivity index (χ2v) is 15.6. The number of rotatable bonds is 20. The first-order valence-corrected chi connectivity index (χ1v) is 20.1. The van der Waals surface area contributed by atoms with E-state index in [9.17, 15) is 13.2 Å². The molecule has 0 aliphatic heterocycles. The summed E-state index contributed by atoms with van der Waals surface area (Å²) in [5.74, 6) is 0. The summed E-state index contributed by atoms with van der Waals surface area (Å²) in [5, 5.41) is 10.5. The third kappa shape index (κ3) is 10.6. The van der Waals surface area contributed by atoms with Crippen LogP contribution in [0, 0.1) is 5.41 Å². The normalized spacial score (nSPS) is 12.2. The van der Waals surface area contributed by atoms with Gasteiger partial charge in [0.1, 0.15) is 5.70 Å². The maximum atomic E-state index is 13.1. The van der Waals surface area contributed by atoms with Crippen LogP contribution in [-0.4, -0.2) is 16.9 Å². The van der Waals surface area contributed by atoms with E-state index in [0.29, 0.717) is 6.08 Å². The van der Waals surface area contributed by atoms with E-state index in [-0.39, 0.29) is 11.4 Å². The molecule has 3 N–H and O–H groups in total. The minimum Gasteiger partial charge on any atom is -0.395 e. The van der Waals surface area contributed by atoms with Gasteiger partial charge in [-0.2, -0.15) is 13.2 Å². The molecule has 0 radical (unpaired) electrons. The van der Waals surface area contributed by atoms with E-state index in [1.165, 1.54) is 87.6 Å². The highest BCUT2D eigenvalue weighted by molar-refractivity contribution is 7.27. The van der Waals surface area contributed by atoms with E-state index in [1.807, 2.05) is 28.7 Å². The van der Waals surface area contributed by atoms with Crippen molar-refractivity contribution in [2.75, 3.05) is 0 Å². The summed E-state index contributed by atoms with van der Waals surface area (Å²) in [6.45, 7) is 6.71. The van der Waals surface area contributed by atoms with Crippen LogP contribution in [0.3, 0.4) is 0 Å². The van der Waals surface area contributed by atoms with Gasteiger partial charge in [-0.1, -0.05) is 78.6 Å². The molecule has 4 aromatic rings. The SMILES string of the molecule is CCCCCCc1cc(-c2sc(-c3sccc3CCCCCC)cc2CCCCCC)sc1-c1ccnc(C(=N)C=C(N)C(F)(F)F)c1. The maximum Gasteiger partial charge on any atom is 0.430 e. The molecule has 0 fully saturated rings. The highest BCUT2D eigenvalue weighted by atomic mass is 32.1. The average molecular weight is 714 g/mol. The molecular formula is C39H50F3N3S3. The maximum absolute atomic E-state index is 13.1. The summed E-state index contributed by atoms with van der Waals surface area (Å²) in [6.07, 6.45) is 15.1. The zero-order valence-corrected chi connectivity index (χ0v) is 31.1. The second kappa shape index (κ2) is 18.9. The molecule has 4 aromatic heterocycles. The Kier molecular flexibility index (Phi) is 15.0. The molecule has 4 heterocycles. The number of aromatic nitrogens is 1. The molecule has 3 nitrogen and oxygen atoms in total. The van der Waals surface area contributed by atoms with E-state index >= 15 is 0 Å². The van der Waals surface area contributed by atoms with Gasteiger partial charge in [-0.15, -0.1) is 34.0 Å². The molecule has 9 heteroatoms. The van der Waals surface area contributed by atoms with Crippen LogP contribution in [0.15, 0.2) is 53.7 Å². The molecule has 0 amide bonds. The minimum absolute atomic E-state index is 0.172. The summed E-state index contributed by atoms with van der Waals surface area (Å²) in [6, 6.07) is 10.7. The summed E-state index contributed by atoms with van der Waals surface area (Å²) in [5.41, 5.74) is 8.73. The smallest absolute Gasteiger partial charge is 0.395 e. The van der Waals surface area contributed by atoms with E-state index < -0.39 is 11.9 Å². The molecule has 0 aromatic carbocycles. The highest BCUT2D eigenvalue weighted by Crippen LogP contribution is 2.47. The van der Waals surface area contributed by atoms with Crippen molar-refractivity contribution in [3.63, 3.8) is 0 Å². The number of nitrogens with one attached hydrogen (secondary N) is 1. The molecule has 0 aliphatic rings. The third-order valence-electron chi connectivity index (χ3n) is 8.64. The molecule has 0 atom stereocenters. The topological polar surface area (TPSA) is 62.8 Å². The first-order valence-electron chi connectivity index (χ1n) is 17.6. The van der Waals surface area contributed by atoms with Crippen LogP contribution in [0.4, 0.5) is 13.2 Å². The molecule has 0 spiro atoms. The largest absolute Gasteiger partial charge is 0.430 e. The Hall–Kier alpha value is -2.75. The number of hydrogen-bond acceptors (Lipinski definition) is 6. The van der Waals surface area contributed by atoms with Crippen molar-refractivity contribution in [2.24, 2.45) is 5.73 Å². The second-order valence-electron chi connectivity index (χ2n) is 12.6. The van der Waals surface area contributed by atoms with E-state index in [2.05, 4.69) is 49.3 Å². The van der Waals surface area contributed by atoms with Gasteiger partial charge in [0, 0.05) is 30.6 Å². The Labute approximate surface area is 297 Å². The number of pyridine rings is 1. The molecule has 4 rings (SSSR count). The lowest BCUT2D eigenvalue weighted by atomic mass is 10.0. The number of nitrogens with zero attached hydrogens (tertiary/aromatic N) is 1. The van der Waals surface area contributed by atoms with Gasteiger partial charge in [0.25, 0.3) is 0 Å². The zero-order valence-electron chi connectivity index (χ0n) is 28.6. The molecule has 0 bridgehead atoms. The number of thiophene rings is 3. The van der Waals surface area contributed by atoms with Crippen molar-refractivity contribution in [3.8, 4) is 29.9 Å². The number of aryl methyl sites for hydroxylation is 3. The van der Waals surface area contributed by atoms with Crippen molar-refractivity contribution in [1.82, 2.24) is 4.98 Å². The van der Waals surface area contributed by atoms with E-state index in [4.69, 9.17) is 11.1 Å². The fourth-order valence-corrected chi connectivity index (χ4v) is 9.57. The van der Waals surface area contributed by atoms with Gasteiger partial charge in [0.2, 0.25) is 0 Å². The van der Waals surface area contributed by atoms with Gasteiger partial charge in [-0.05, 0) is 103 Å². The number of hydrogen-bond donors (Lipinski definition) is 2. The van der Waals surface area contributed by atoms with Gasteiger partial charge < -0.3 is 5.73 Å². The fourth-order valence-electron chi connectivity index (χ4n) is 5.91. The Morgan fingerprint density at radius 2 is 1.27 bits per heavy atom. The lowest BCUT2D eigenvalue weighted by molar-refractivity contribution is -0.0925. The monoisotopic (exact) mass is 713 g/mol. The van der Waals surface area contributed by atoms with Gasteiger partial charge in [0.15, 0.2) is 0 Å². The third-order valence-corrected chi connectivity index (χ3v) is 12.4. The Balaban J connectivity index is 1.74. The Morgan fingerprint density at radius 3 is 1.85 bits per heavy atom. The fraction of sp³-hybridized carbons (Fsp3) is 0.487. The predicted molar refractivity (Wildman–Crippen MR) is 203 cm³/mol. The lowest BCUT2D eigenvalue weighted by Gasteiger charge is -2.08. The van der Waals surface area contributed by atoms with E-state index in [0.717, 1.165) is 55.4 Å². The number of unbranched alkanes of at least 4 members (excludes halogenated alkanes) is 9. The van der Waals surface area contributed by atoms with Gasteiger partial charge in [0.05, 0.1) is 11.4 Å².